The highest BCUT2D eigenvalue weighted by Gasteiger charge is 2.13. The third-order valence-electron chi connectivity index (χ3n) is 2.79. The van der Waals surface area contributed by atoms with Crippen LogP contribution in [0.3, 0.4) is 0 Å². The smallest absolute Gasteiger partial charge is 0.293 e. The number of nitrogens with one attached hydrogen (secondary N) is 1. The SMILES string of the molecule is COCCOCCCCNc1ccc(C#N)cc1[N+](=O)[O-]. The summed E-state index contributed by atoms with van der Waals surface area (Å²) in [6.45, 7) is 2.40. The first-order chi connectivity index (χ1) is 10.2. The fourth-order valence-corrected chi connectivity index (χ4v) is 1.70. The molecule has 0 aliphatic carbocycles. The molecule has 0 radical (unpaired) electrons. The Labute approximate surface area is 123 Å². The Morgan fingerprint density at radius 1 is 1.33 bits per heavy atom. The number of hydrogen-bond acceptors (Lipinski definition) is 6. The zero-order chi connectivity index (χ0) is 15.5. The van der Waals surface area contributed by atoms with Gasteiger partial charge in [-0.3, -0.25) is 10.1 Å². The molecule has 0 aliphatic heterocycles. The number of hydrogen-bond donors (Lipinski definition) is 1. The summed E-state index contributed by atoms with van der Waals surface area (Å²) in [6, 6.07) is 6.29. The first-order valence-electron chi connectivity index (χ1n) is 6.68. The van der Waals surface area contributed by atoms with E-state index in [2.05, 4.69) is 5.32 Å². The monoisotopic (exact) mass is 293 g/mol. The second-order valence-corrected chi connectivity index (χ2v) is 4.34. The highest BCUT2D eigenvalue weighted by Crippen LogP contribution is 2.25. The molecule has 0 spiro atoms. The topological polar surface area (TPSA) is 97.4 Å². The van der Waals surface area contributed by atoms with Crippen LogP contribution in [-0.4, -0.2) is 38.4 Å². The van der Waals surface area contributed by atoms with Crippen molar-refractivity contribution in [2.45, 2.75) is 12.8 Å². The van der Waals surface area contributed by atoms with Gasteiger partial charge in [0.15, 0.2) is 0 Å². The minimum absolute atomic E-state index is 0.0783. The Hall–Kier alpha value is -2.17. The maximum absolute atomic E-state index is 10.9. The predicted molar refractivity (Wildman–Crippen MR) is 78.2 cm³/mol. The van der Waals surface area contributed by atoms with Gasteiger partial charge in [-0.05, 0) is 25.0 Å². The minimum atomic E-state index is -0.489. The third kappa shape index (κ3) is 6.21. The third-order valence-corrected chi connectivity index (χ3v) is 2.79. The van der Waals surface area contributed by atoms with Gasteiger partial charge in [0.05, 0.1) is 29.8 Å². The average Bonchev–Trinajstić information content (AvgIpc) is 2.49. The molecule has 1 N–H and O–H groups in total. The van der Waals surface area contributed by atoms with Crippen molar-refractivity contribution in [3.8, 4) is 6.07 Å². The number of ether oxygens (including phenoxy) is 2. The Morgan fingerprint density at radius 2 is 2.14 bits per heavy atom. The number of anilines is 1. The van der Waals surface area contributed by atoms with Crippen molar-refractivity contribution in [1.29, 1.82) is 5.26 Å². The molecule has 1 aromatic rings. The van der Waals surface area contributed by atoms with E-state index in [-0.39, 0.29) is 11.3 Å². The summed E-state index contributed by atoms with van der Waals surface area (Å²) in [5.74, 6) is 0. The van der Waals surface area contributed by atoms with E-state index >= 15 is 0 Å². The summed E-state index contributed by atoms with van der Waals surface area (Å²) in [4.78, 5) is 10.5. The fourth-order valence-electron chi connectivity index (χ4n) is 1.70. The summed E-state index contributed by atoms with van der Waals surface area (Å²) >= 11 is 0. The van der Waals surface area contributed by atoms with Crippen LogP contribution < -0.4 is 5.32 Å². The summed E-state index contributed by atoms with van der Waals surface area (Å²) in [5.41, 5.74) is 0.628. The minimum Gasteiger partial charge on any atom is -0.382 e. The van der Waals surface area contributed by atoms with Gasteiger partial charge in [0.25, 0.3) is 5.69 Å². The molecule has 0 amide bonds. The molecule has 0 aromatic heterocycles. The van der Waals surface area contributed by atoms with Crippen molar-refractivity contribution in [1.82, 2.24) is 0 Å². The molecule has 1 rings (SSSR count). The second kappa shape index (κ2) is 9.69. The number of nitrogens with zero attached hydrogens (tertiary/aromatic N) is 2. The van der Waals surface area contributed by atoms with Crippen LogP contribution in [0.1, 0.15) is 18.4 Å². The summed E-state index contributed by atoms with van der Waals surface area (Å²) in [6.07, 6.45) is 1.70. The molecule has 21 heavy (non-hydrogen) atoms. The van der Waals surface area contributed by atoms with Gasteiger partial charge < -0.3 is 14.8 Å². The zero-order valence-corrected chi connectivity index (χ0v) is 12.0. The average molecular weight is 293 g/mol. The highest BCUT2D eigenvalue weighted by atomic mass is 16.6. The van der Waals surface area contributed by atoms with Crippen LogP contribution in [0.15, 0.2) is 18.2 Å². The van der Waals surface area contributed by atoms with Gasteiger partial charge in [-0.1, -0.05) is 0 Å². The van der Waals surface area contributed by atoms with Crippen molar-refractivity contribution in [2.75, 3.05) is 38.8 Å². The first-order valence-corrected chi connectivity index (χ1v) is 6.68. The molecule has 0 fully saturated rings. The lowest BCUT2D eigenvalue weighted by Gasteiger charge is -2.07. The molecule has 0 aliphatic rings. The number of nitro benzene ring substituents is 1. The summed E-state index contributed by atoms with van der Waals surface area (Å²) in [7, 11) is 1.62. The second-order valence-electron chi connectivity index (χ2n) is 4.34. The maximum atomic E-state index is 10.9. The molecule has 0 saturated carbocycles. The standard InChI is InChI=1S/C14H19N3O4/c1-20-8-9-21-7-3-2-6-16-13-5-4-12(11-15)10-14(13)17(18)19/h4-5,10,16H,2-3,6-9H2,1H3. The van der Waals surface area contributed by atoms with E-state index in [9.17, 15) is 10.1 Å². The Bertz CT molecular complexity index is 499. The molecular weight excluding hydrogens is 274 g/mol. The molecule has 0 heterocycles. The van der Waals surface area contributed by atoms with Crippen LogP contribution in [-0.2, 0) is 9.47 Å². The molecule has 0 bridgehead atoms. The largest absolute Gasteiger partial charge is 0.382 e. The molecule has 0 atom stereocenters. The number of methoxy groups -OCH3 is 1. The summed E-state index contributed by atoms with van der Waals surface area (Å²) in [5, 5.41) is 22.7. The number of nitriles is 1. The Morgan fingerprint density at radius 3 is 2.81 bits per heavy atom. The van der Waals surface area contributed by atoms with Crippen LogP contribution in [0.25, 0.3) is 0 Å². The normalized spacial score (nSPS) is 10.1. The lowest BCUT2D eigenvalue weighted by Crippen LogP contribution is -2.07. The van der Waals surface area contributed by atoms with Gasteiger partial charge in [-0.2, -0.15) is 5.26 Å². The van der Waals surface area contributed by atoms with E-state index in [1.807, 2.05) is 6.07 Å². The Balaban J connectivity index is 2.35. The van der Waals surface area contributed by atoms with Gasteiger partial charge >= 0.3 is 0 Å². The molecule has 7 heteroatoms. The van der Waals surface area contributed by atoms with Gasteiger partial charge in [-0.25, -0.2) is 0 Å². The number of rotatable bonds is 10. The van der Waals surface area contributed by atoms with E-state index in [0.717, 1.165) is 12.8 Å². The molecular formula is C14H19N3O4. The fraction of sp³-hybridized carbons (Fsp3) is 0.500. The predicted octanol–water partition coefficient (Wildman–Crippen LogP) is 2.32. The molecule has 1 aromatic carbocycles. The van der Waals surface area contributed by atoms with Crippen molar-refractivity contribution >= 4 is 11.4 Å². The van der Waals surface area contributed by atoms with Gasteiger partial charge in [0, 0.05) is 26.3 Å². The van der Waals surface area contributed by atoms with Crippen molar-refractivity contribution in [3.05, 3.63) is 33.9 Å². The van der Waals surface area contributed by atoms with Gasteiger partial charge in [0.1, 0.15) is 5.69 Å². The zero-order valence-electron chi connectivity index (χ0n) is 12.0. The van der Waals surface area contributed by atoms with E-state index < -0.39 is 4.92 Å². The van der Waals surface area contributed by atoms with Crippen LogP contribution in [0.2, 0.25) is 0 Å². The van der Waals surface area contributed by atoms with E-state index in [1.165, 1.54) is 6.07 Å². The first kappa shape index (κ1) is 16.9. The summed E-state index contributed by atoms with van der Waals surface area (Å²) < 4.78 is 10.2. The lowest BCUT2D eigenvalue weighted by atomic mass is 10.2. The van der Waals surface area contributed by atoms with Crippen LogP contribution in [0.5, 0.6) is 0 Å². The van der Waals surface area contributed by atoms with E-state index in [0.29, 0.717) is 32.1 Å². The number of benzene rings is 1. The Kier molecular flexibility index (Phi) is 7.79. The van der Waals surface area contributed by atoms with Crippen molar-refractivity contribution < 1.29 is 14.4 Å². The van der Waals surface area contributed by atoms with Crippen LogP contribution >= 0.6 is 0 Å². The molecule has 114 valence electrons. The van der Waals surface area contributed by atoms with E-state index in [1.54, 1.807) is 19.2 Å². The maximum Gasteiger partial charge on any atom is 0.293 e. The van der Waals surface area contributed by atoms with E-state index in [4.69, 9.17) is 14.7 Å². The number of nitro groups is 1. The van der Waals surface area contributed by atoms with Crippen LogP contribution in [0, 0.1) is 21.4 Å². The number of unbranched alkanes of at least 4 members (excludes halogenated alkanes) is 1. The molecule has 7 nitrogen and oxygen atoms in total. The lowest BCUT2D eigenvalue weighted by molar-refractivity contribution is -0.384. The highest BCUT2D eigenvalue weighted by molar-refractivity contribution is 5.63. The quantitative estimate of drug-likeness (QED) is 0.404. The molecule has 0 saturated heterocycles. The van der Waals surface area contributed by atoms with Crippen LogP contribution in [0.4, 0.5) is 11.4 Å². The van der Waals surface area contributed by atoms with Crippen molar-refractivity contribution in [3.63, 3.8) is 0 Å². The molecule has 0 unspecified atom stereocenters. The van der Waals surface area contributed by atoms with Gasteiger partial charge in [0.2, 0.25) is 0 Å². The van der Waals surface area contributed by atoms with Crippen molar-refractivity contribution in [2.24, 2.45) is 0 Å². The van der Waals surface area contributed by atoms with Gasteiger partial charge in [-0.15, -0.1) is 0 Å².